The van der Waals surface area contributed by atoms with Crippen LogP contribution in [0.4, 0.5) is 5.95 Å². The molecule has 11 heteroatoms. The molecule has 0 saturated carbocycles. The molecular formula is C33H34N10O. The summed E-state index contributed by atoms with van der Waals surface area (Å²) in [5.74, 6) is 0.639. The maximum Gasteiger partial charge on any atom is 0.244 e. The third-order valence-electron chi connectivity index (χ3n) is 9.08. The molecule has 1 amide bonds. The lowest BCUT2D eigenvalue weighted by Crippen LogP contribution is -2.38. The van der Waals surface area contributed by atoms with E-state index in [0.29, 0.717) is 32.0 Å². The van der Waals surface area contributed by atoms with E-state index in [2.05, 4.69) is 74.2 Å². The third kappa shape index (κ3) is 5.35. The van der Waals surface area contributed by atoms with E-state index < -0.39 is 0 Å². The highest BCUT2D eigenvalue weighted by Crippen LogP contribution is 2.28. The van der Waals surface area contributed by atoms with E-state index in [1.165, 1.54) is 22.3 Å². The van der Waals surface area contributed by atoms with Gasteiger partial charge in [0.05, 0.1) is 17.9 Å². The van der Waals surface area contributed by atoms with Crippen molar-refractivity contribution in [2.45, 2.75) is 57.9 Å². The van der Waals surface area contributed by atoms with Crippen molar-refractivity contribution in [1.82, 2.24) is 45.0 Å². The van der Waals surface area contributed by atoms with Crippen LogP contribution in [0.1, 0.15) is 39.3 Å². The maximum atomic E-state index is 13.3. The van der Waals surface area contributed by atoms with Crippen LogP contribution < -0.4 is 5.32 Å². The zero-order valence-corrected chi connectivity index (χ0v) is 24.5. The number of anilines is 1. The predicted molar refractivity (Wildman–Crippen MR) is 164 cm³/mol. The van der Waals surface area contributed by atoms with Gasteiger partial charge in [0, 0.05) is 68.4 Å². The van der Waals surface area contributed by atoms with Crippen LogP contribution in [0.15, 0.2) is 67.1 Å². The molecule has 222 valence electrons. The average molecular weight is 587 g/mol. The molecule has 0 bridgehead atoms. The average Bonchev–Trinajstić information content (AvgIpc) is 3.79. The molecule has 3 aliphatic rings. The number of nitrogens with one attached hydrogen (secondary N) is 2. The Balaban J connectivity index is 1.02. The highest BCUT2D eigenvalue weighted by Gasteiger charge is 2.26. The molecule has 5 aromatic rings. The van der Waals surface area contributed by atoms with Gasteiger partial charge in [-0.1, -0.05) is 48.5 Å². The Hall–Kier alpha value is -4.90. The number of aromatic nitrogens is 7. The van der Waals surface area contributed by atoms with E-state index in [1.54, 1.807) is 4.68 Å². The molecule has 2 aliphatic heterocycles. The SMILES string of the molecule is O=C(Cn1cc(-c2cnc(NC3Cc4ccccc4C3)nc2)c(CN2CCc3ccccc3C2)n1)N1CCc2n[nH]nc2C1. The summed E-state index contributed by atoms with van der Waals surface area (Å²) in [4.78, 5) is 27.0. The fourth-order valence-corrected chi connectivity index (χ4v) is 6.74. The van der Waals surface area contributed by atoms with Crippen molar-refractivity contribution in [3.05, 3.63) is 106 Å². The van der Waals surface area contributed by atoms with E-state index >= 15 is 0 Å². The lowest BCUT2D eigenvalue weighted by molar-refractivity contribution is -0.133. The molecule has 0 saturated heterocycles. The second kappa shape index (κ2) is 11.3. The minimum atomic E-state index is 0.0134. The van der Waals surface area contributed by atoms with Gasteiger partial charge in [-0.25, -0.2) is 9.97 Å². The summed E-state index contributed by atoms with van der Waals surface area (Å²) >= 11 is 0. The molecule has 8 rings (SSSR count). The number of carbonyl (C=O) groups excluding carboxylic acids is 1. The molecule has 5 heterocycles. The standard InChI is InChI=1S/C33H34N10O/c44-32(42-12-10-29-31(20-42)38-40-37-29)21-43-18-28(30(39-43)19-41-11-9-22-5-1-4-8-25(22)17-41)26-15-34-33(35-16-26)36-27-13-23-6-2-3-7-24(23)14-27/h1-8,15-16,18,27H,9-14,17,19-21H2,(H,34,35,36)(H,37,38,40). The molecular weight excluding hydrogens is 552 g/mol. The van der Waals surface area contributed by atoms with Gasteiger partial charge in [0.15, 0.2) is 0 Å². The summed E-state index contributed by atoms with van der Waals surface area (Å²) in [7, 11) is 0. The van der Waals surface area contributed by atoms with Gasteiger partial charge in [0.25, 0.3) is 0 Å². The number of nitrogens with zero attached hydrogens (tertiary/aromatic N) is 8. The van der Waals surface area contributed by atoms with Gasteiger partial charge in [-0.3, -0.25) is 14.4 Å². The lowest BCUT2D eigenvalue weighted by atomic mass is 9.99. The Labute approximate surface area is 255 Å². The number of carbonyl (C=O) groups is 1. The van der Waals surface area contributed by atoms with E-state index in [1.807, 2.05) is 23.5 Å². The van der Waals surface area contributed by atoms with Crippen molar-refractivity contribution in [3.8, 4) is 11.1 Å². The number of aromatic amines is 1. The summed E-state index contributed by atoms with van der Waals surface area (Å²) in [5.41, 5.74) is 10.1. The van der Waals surface area contributed by atoms with E-state index in [9.17, 15) is 4.79 Å². The van der Waals surface area contributed by atoms with Crippen LogP contribution in [0.2, 0.25) is 0 Å². The first-order chi connectivity index (χ1) is 21.6. The van der Waals surface area contributed by atoms with E-state index in [0.717, 1.165) is 60.6 Å². The van der Waals surface area contributed by atoms with Crippen molar-refractivity contribution in [1.29, 1.82) is 0 Å². The molecule has 11 nitrogen and oxygen atoms in total. The summed E-state index contributed by atoms with van der Waals surface area (Å²) in [6.45, 7) is 3.76. The van der Waals surface area contributed by atoms with E-state index in [4.69, 9.17) is 15.1 Å². The Morgan fingerprint density at radius 1 is 0.864 bits per heavy atom. The molecule has 3 aromatic heterocycles. The van der Waals surface area contributed by atoms with Crippen molar-refractivity contribution >= 4 is 11.9 Å². The van der Waals surface area contributed by atoms with Gasteiger partial charge in [0.1, 0.15) is 12.2 Å². The zero-order valence-electron chi connectivity index (χ0n) is 24.5. The first-order valence-corrected chi connectivity index (χ1v) is 15.3. The Morgan fingerprint density at radius 2 is 1.59 bits per heavy atom. The van der Waals surface area contributed by atoms with Crippen LogP contribution >= 0.6 is 0 Å². The number of benzene rings is 2. The van der Waals surface area contributed by atoms with Gasteiger partial charge in [-0.2, -0.15) is 20.5 Å². The van der Waals surface area contributed by atoms with Gasteiger partial charge in [0.2, 0.25) is 11.9 Å². The summed E-state index contributed by atoms with van der Waals surface area (Å²) < 4.78 is 1.77. The van der Waals surface area contributed by atoms with Crippen LogP contribution in [0.5, 0.6) is 0 Å². The Bertz CT molecular complexity index is 1780. The fourth-order valence-electron chi connectivity index (χ4n) is 6.74. The summed E-state index contributed by atoms with van der Waals surface area (Å²) in [5, 5.41) is 19.5. The minimum Gasteiger partial charge on any atom is -0.351 e. The smallest absolute Gasteiger partial charge is 0.244 e. The normalized spacial score (nSPS) is 16.4. The molecule has 0 fully saturated rings. The molecule has 0 spiro atoms. The number of hydrogen-bond acceptors (Lipinski definition) is 8. The first kappa shape index (κ1) is 26.7. The van der Waals surface area contributed by atoms with Crippen LogP contribution in [-0.2, 0) is 56.7 Å². The highest BCUT2D eigenvalue weighted by atomic mass is 16.2. The number of fused-ring (bicyclic) bond motifs is 3. The quantitative estimate of drug-likeness (QED) is 0.298. The van der Waals surface area contributed by atoms with E-state index in [-0.39, 0.29) is 18.5 Å². The van der Waals surface area contributed by atoms with Gasteiger partial charge in [-0.05, 0) is 41.5 Å². The second-order valence-corrected chi connectivity index (χ2v) is 12.0. The summed E-state index contributed by atoms with van der Waals surface area (Å²) in [6, 6.07) is 17.5. The second-order valence-electron chi connectivity index (χ2n) is 12.0. The topological polar surface area (TPSA) is 121 Å². The highest BCUT2D eigenvalue weighted by molar-refractivity contribution is 5.76. The summed E-state index contributed by atoms with van der Waals surface area (Å²) in [6.07, 6.45) is 9.36. The van der Waals surface area contributed by atoms with Gasteiger partial charge < -0.3 is 10.2 Å². The number of amides is 1. The Kier molecular flexibility index (Phi) is 6.86. The van der Waals surface area contributed by atoms with Crippen molar-refractivity contribution in [2.75, 3.05) is 18.4 Å². The molecule has 0 radical (unpaired) electrons. The molecule has 0 unspecified atom stereocenters. The van der Waals surface area contributed by atoms with Crippen LogP contribution in [0.25, 0.3) is 11.1 Å². The molecule has 2 aromatic carbocycles. The van der Waals surface area contributed by atoms with Crippen molar-refractivity contribution in [3.63, 3.8) is 0 Å². The number of rotatable bonds is 7. The molecule has 2 N–H and O–H groups in total. The zero-order chi connectivity index (χ0) is 29.5. The first-order valence-electron chi connectivity index (χ1n) is 15.3. The van der Waals surface area contributed by atoms with Crippen LogP contribution in [-0.4, -0.2) is 70.0 Å². The monoisotopic (exact) mass is 586 g/mol. The minimum absolute atomic E-state index is 0.0134. The van der Waals surface area contributed by atoms with Crippen molar-refractivity contribution in [2.24, 2.45) is 0 Å². The van der Waals surface area contributed by atoms with Gasteiger partial charge >= 0.3 is 0 Å². The lowest BCUT2D eigenvalue weighted by Gasteiger charge is -2.28. The molecule has 1 aliphatic carbocycles. The molecule has 44 heavy (non-hydrogen) atoms. The van der Waals surface area contributed by atoms with Crippen LogP contribution in [0, 0.1) is 0 Å². The van der Waals surface area contributed by atoms with Gasteiger partial charge in [-0.15, -0.1) is 0 Å². The number of H-pyrrole nitrogens is 1. The third-order valence-corrected chi connectivity index (χ3v) is 9.08. The predicted octanol–water partition coefficient (Wildman–Crippen LogP) is 3.18. The largest absolute Gasteiger partial charge is 0.351 e. The Morgan fingerprint density at radius 3 is 2.39 bits per heavy atom. The van der Waals surface area contributed by atoms with Crippen LogP contribution in [0.3, 0.4) is 0 Å². The maximum absolute atomic E-state index is 13.3. The molecule has 0 atom stereocenters. The van der Waals surface area contributed by atoms with Crippen molar-refractivity contribution < 1.29 is 4.79 Å². The number of hydrogen-bond donors (Lipinski definition) is 2. The fraction of sp³-hybridized carbons (Fsp3) is 0.333.